The average molecular weight is 475 g/mol. The van der Waals surface area contributed by atoms with Gasteiger partial charge in [0.05, 0.1) is 36.7 Å². The van der Waals surface area contributed by atoms with Gasteiger partial charge in [-0.1, -0.05) is 54.6 Å². The maximum absolute atomic E-state index is 13.2. The van der Waals surface area contributed by atoms with E-state index in [2.05, 4.69) is 10.2 Å². The van der Waals surface area contributed by atoms with Crippen molar-refractivity contribution in [1.29, 1.82) is 0 Å². The number of nitrogens with one attached hydrogen (secondary N) is 1. The molecular formula is C28H30N2O5. The number of aliphatic carboxylic acids is 1. The van der Waals surface area contributed by atoms with Crippen LogP contribution >= 0.6 is 0 Å². The monoisotopic (exact) mass is 474 g/mol. The van der Waals surface area contributed by atoms with E-state index >= 15 is 0 Å². The number of dihydropyridines is 1. The van der Waals surface area contributed by atoms with Crippen LogP contribution in [0.1, 0.15) is 25.0 Å². The van der Waals surface area contributed by atoms with E-state index in [1.807, 2.05) is 60.7 Å². The van der Waals surface area contributed by atoms with Gasteiger partial charge >= 0.3 is 11.9 Å². The highest BCUT2D eigenvalue weighted by molar-refractivity contribution is 6.04. The maximum atomic E-state index is 13.2. The molecule has 7 nitrogen and oxygen atoms in total. The number of allylic oxidation sites excluding steroid dienone is 2. The lowest BCUT2D eigenvalue weighted by Crippen LogP contribution is -2.36. The van der Waals surface area contributed by atoms with Gasteiger partial charge in [-0.25, -0.2) is 9.59 Å². The number of morpholine rings is 1. The molecule has 1 saturated heterocycles. The summed E-state index contributed by atoms with van der Waals surface area (Å²) in [5, 5.41) is 13.2. The number of carboxylic acids is 1. The number of hydrogen-bond donors (Lipinski definition) is 2. The number of rotatable bonds is 7. The first-order valence-corrected chi connectivity index (χ1v) is 11.8. The van der Waals surface area contributed by atoms with Crippen LogP contribution in [0.15, 0.2) is 77.5 Å². The number of hydrogen-bond acceptors (Lipinski definition) is 6. The number of benzene rings is 2. The van der Waals surface area contributed by atoms with Crippen molar-refractivity contribution in [3.63, 3.8) is 0 Å². The fourth-order valence-electron chi connectivity index (χ4n) is 4.44. The van der Waals surface area contributed by atoms with E-state index in [-0.39, 0.29) is 17.8 Å². The summed E-state index contributed by atoms with van der Waals surface area (Å²) in [7, 11) is 0. The molecule has 1 atom stereocenters. The molecule has 2 aromatic carbocycles. The van der Waals surface area contributed by atoms with Gasteiger partial charge in [-0.3, -0.25) is 0 Å². The molecular weight excluding hydrogens is 444 g/mol. The summed E-state index contributed by atoms with van der Waals surface area (Å²) in [4.78, 5) is 27.7. The molecule has 35 heavy (non-hydrogen) atoms. The second kappa shape index (κ2) is 11.1. The first kappa shape index (κ1) is 24.3. The lowest BCUT2D eigenvalue weighted by Gasteiger charge is -2.30. The van der Waals surface area contributed by atoms with Crippen LogP contribution in [0, 0.1) is 5.92 Å². The first-order valence-electron chi connectivity index (χ1n) is 11.8. The van der Waals surface area contributed by atoms with E-state index in [0.717, 1.165) is 29.9 Å². The molecule has 1 fully saturated rings. The highest BCUT2D eigenvalue weighted by atomic mass is 16.5. The van der Waals surface area contributed by atoms with E-state index in [1.165, 1.54) is 0 Å². The van der Waals surface area contributed by atoms with Gasteiger partial charge in [0.25, 0.3) is 0 Å². The van der Waals surface area contributed by atoms with Crippen LogP contribution in [0.2, 0.25) is 0 Å². The van der Waals surface area contributed by atoms with Crippen LogP contribution in [0.25, 0.3) is 11.8 Å². The summed E-state index contributed by atoms with van der Waals surface area (Å²) in [5.41, 5.74) is 4.21. The molecule has 0 saturated carbocycles. The Labute approximate surface area is 205 Å². The van der Waals surface area contributed by atoms with Gasteiger partial charge < -0.3 is 24.8 Å². The zero-order valence-electron chi connectivity index (χ0n) is 20.0. The largest absolute Gasteiger partial charge is 0.478 e. The van der Waals surface area contributed by atoms with Crippen LogP contribution < -0.4 is 10.2 Å². The van der Waals surface area contributed by atoms with Crippen LogP contribution in [0.5, 0.6) is 0 Å². The third kappa shape index (κ3) is 5.46. The fraction of sp³-hybridized carbons (Fsp3) is 0.286. The highest BCUT2D eigenvalue weighted by Gasteiger charge is 2.36. The topological polar surface area (TPSA) is 88.1 Å². The summed E-state index contributed by atoms with van der Waals surface area (Å²) in [5.74, 6) is -2.40. The number of esters is 1. The number of carbonyl (C=O) groups is 2. The van der Waals surface area contributed by atoms with Gasteiger partial charge in [-0.15, -0.1) is 0 Å². The van der Waals surface area contributed by atoms with E-state index in [1.54, 1.807) is 19.9 Å². The Morgan fingerprint density at radius 2 is 1.77 bits per heavy atom. The molecule has 0 spiro atoms. The lowest BCUT2D eigenvalue weighted by atomic mass is 9.83. The van der Waals surface area contributed by atoms with Gasteiger partial charge in [-0.2, -0.15) is 0 Å². The number of nitrogens with zero attached hydrogens (tertiary/aromatic N) is 1. The third-order valence-corrected chi connectivity index (χ3v) is 6.15. The van der Waals surface area contributed by atoms with Gasteiger partial charge in [-0.05, 0) is 37.1 Å². The lowest BCUT2D eigenvalue weighted by molar-refractivity contribution is -0.138. The van der Waals surface area contributed by atoms with Crippen molar-refractivity contribution < 1.29 is 24.2 Å². The minimum absolute atomic E-state index is 0.119. The molecule has 2 N–H and O–H groups in total. The SMILES string of the molecule is CCOC(=O)C1=C(c2ccc(N3CCOCC3)cc2)NC(C)=C(C(=O)O)C1/C=C/c1ccccc1. The Morgan fingerprint density at radius 3 is 2.40 bits per heavy atom. The number of anilines is 1. The molecule has 182 valence electrons. The standard InChI is InChI=1S/C28H30N2O5/c1-3-35-28(33)25-23(14-9-20-7-5-4-6-8-20)24(27(31)32)19(2)29-26(25)21-10-12-22(13-11-21)30-15-17-34-18-16-30/h4-14,23,29H,3,15-18H2,1-2H3,(H,31,32)/b14-9+. The van der Waals surface area contributed by atoms with E-state index in [0.29, 0.717) is 24.6 Å². The van der Waals surface area contributed by atoms with Crippen molar-refractivity contribution in [3.8, 4) is 0 Å². The van der Waals surface area contributed by atoms with E-state index < -0.39 is 17.9 Å². The van der Waals surface area contributed by atoms with Crippen molar-refractivity contribution in [3.05, 3.63) is 88.6 Å². The Bertz CT molecular complexity index is 1160. The highest BCUT2D eigenvalue weighted by Crippen LogP contribution is 2.36. The number of ether oxygens (including phenoxy) is 2. The average Bonchev–Trinajstić information content (AvgIpc) is 2.88. The van der Waals surface area contributed by atoms with E-state index in [4.69, 9.17) is 9.47 Å². The van der Waals surface area contributed by atoms with Gasteiger partial charge in [0.1, 0.15) is 0 Å². The van der Waals surface area contributed by atoms with Crippen molar-refractivity contribution in [1.82, 2.24) is 5.32 Å². The van der Waals surface area contributed by atoms with Gasteiger partial charge in [0.2, 0.25) is 0 Å². The molecule has 0 aromatic heterocycles. The van der Waals surface area contributed by atoms with Crippen molar-refractivity contribution in [2.24, 2.45) is 5.92 Å². The number of carbonyl (C=O) groups excluding carboxylic acids is 1. The van der Waals surface area contributed by atoms with Crippen molar-refractivity contribution >= 4 is 29.4 Å². The van der Waals surface area contributed by atoms with Crippen LogP contribution in [-0.2, 0) is 19.1 Å². The molecule has 0 amide bonds. The Hall–Kier alpha value is -3.84. The summed E-state index contributed by atoms with van der Waals surface area (Å²) in [6.45, 7) is 6.68. The second-order valence-electron chi connectivity index (χ2n) is 8.37. The molecule has 2 aromatic rings. The van der Waals surface area contributed by atoms with E-state index in [9.17, 15) is 14.7 Å². The van der Waals surface area contributed by atoms with Crippen LogP contribution in [0.4, 0.5) is 5.69 Å². The quantitative estimate of drug-likeness (QED) is 0.585. The fourth-order valence-corrected chi connectivity index (χ4v) is 4.44. The van der Waals surface area contributed by atoms with Crippen LogP contribution in [0.3, 0.4) is 0 Å². The van der Waals surface area contributed by atoms with Crippen molar-refractivity contribution in [2.45, 2.75) is 13.8 Å². The smallest absolute Gasteiger partial charge is 0.337 e. The Balaban J connectivity index is 1.78. The molecule has 0 radical (unpaired) electrons. The molecule has 0 bridgehead atoms. The second-order valence-corrected chi connectivity index (χ2v) is 8.37. The van der Waals surface area contributed by atoms with Gasteiger partial charge in [0.15, 0.2) is 0 Å². The number of carboxylic acid groups (broad SMARTS) is 1. The zero-order chi connectivity index (χ0) is 24.8. The first-order chi connectivity index (χ1) is 17.0. The third-order valence-electron chi connectivity index (χ3n) is 6.15. The predicted octanol–water partition coefficient (Wildman–Crippen LogP) is 4.09. The minimum Gasteiger partial charge on any atom is -0.478 e. The molecule has 2 aliphatic rings. The summed E-state index contributed by atoms with van der Waals surface area (Å²) >= 11 is 0. The summed E-state index contributed by atoms with van der Waals surface area (Å²) in [6.07, 6.45) is 3.60. The molecule has 2 aliphatic heterocycles. The molecule has 0 aliphatic carbocycles. The normalized spacial score (nSPS) is 18.6. The Morgan fingerprint density at radius 1 is 1.09 bits per heavy atom. The predicted molar refractivity (Wildman–Crippen MR) is 135 cm³/mol. The summed E-state index contributed by atoms with van der Waals surface area (Å²) < 4.78 is 10.8. The Kier molecular flexibility index (Phi) is 7.67. The van der Waals surface area contributed by atoms with Crippen molar-refractivity contribution in [2.75, 3.05) is 37.8 Å². The van der Waals surface area contributed by atoms with Gasteiger partial charge in [0, 0.05) is 30.4 Å². The molecule has 2 heterocycles. The maximum Gasteiger partial charge on any atom is 0.337 e. The molecule has 1 unspecified atom stereocenters. The zero-order valence-corrected chi connectivity index (χ0v) is 20.0. The van der Waals surface area contributed by atoms with Crippen LogP contribution in [-0.4, -0.2) is 50.0 Å². The molecule has 7 heteroatoms. The summed E-state index contributed by atoms with van der Waals surface area (Å²) in [6, 6.07) is 17.5. The molecule has 4 rings (SSSR count). The minimum atomic E-state index is -1.08.